The molecule has 1 N–H and O–H groups in total. The third kappa shape index (κ3) is 2.73. The summed E-state index contributed by atoms with van der Waals surface area (Å²) in [5.41, 5.74) is 2.76. The maximum Gasteiger partial charge on any atom is 0.268 e. The number of hydrogen-bond acceptors (Lipinski definition) is 2. The first-order chi connectivity index (χ1) is 11.7. The average Bonchev–Trinajstić information content (AvgIpc) is 3.11. The Balaban J connectivity index is 1.57. The summed E-state index contributed by atoms with van der Waals surface area (Å²) in [5, 5.41) is 7.43. The minimum Gasteiger partial charge on any atom is -0.344 e. The molecule has 0 radical (unpaired) electrons. The first-order valence-electron chi connectivity index (χ1n) is 8.30. The zero-order valence-electron chi connectivity index (χ0n) is 13.6. The summed E-state index contributed by atoms with van der Waals surface area (Å²) >= 11 is 0. The minimum atomic E-state index is -0.111. The standard InChI is InChI=1S/C19H20N4O/c1-14(16-6-2-3-7-17(16)23-13-5-11-20-23)21-19(24)18-8-4-12-22(18)15-9-10-15/h2-8,11-15H,9-10H2,1H3,(H,21,24)/t14-/m0/s1. The molecule has 0 aliphatic heterocycles. The molecule has 0 unspecified atom stereocenters. The van der Waals surface area contributed by atoms with Crippen molar-refractivity contribution in [2.24, 2.45) is 0 Å². The highest BCUT2D eigenvalue weighted by molar-refractivity contribution is 5.93. The zero-order chi connectivity index (χ0) is 16.5. The van der Waals surface area contributed by atoms with Crippen LogP contribution in [0, 0.1) is 0 Å². The zero-order valence-corrected chi connectivity index (χ0v) is 13.6. The van der Waals surface area contributed by atoms with Crippen LogP contribution in [0.4, 0.5) is 0 Å². The van der Waals surface area contributed by atoms with Crippen LogP contribution in [-0.2, 0) is 0 Å². The number of nitrogens with one attached hydrogen (secondary N) is 1. The number of carbonyl (C=O) groups excluding carboxylic acids is 1. The summed E-state index contributed by atoms with van der Waals surface area (Å²) in [6.45, 7) is 2.00. The molecule has 1 aromatic carbocycles. The summed E-state index contributed by atoms with van der Waals surface area (Å²) in [6, 6.07) is 14.1. The molecule has 1 amide bonds. The molecule has 1 saturated carbocycles. The van der Waals surface area contributed by atoms with Crippen molar-refractivity contribution < 1.29 is 4.79 Å². The number of aromatic nitrogens is 3. The Labute approximate surface area is 140 Å². The molecule has 1 aliphatic rings. The number of para-hydroxylation sites is 1. The normalized spacial score (nSPS) is 15.2. The van der Waals surface area contributed by atoms with E-state index >= 15 is 0 Å². The number of nitrogens with zero attached hydrogens (tertiary/aromatic N) is 3. The molecule has 2 aromatic heterocycles. The van der Waals surface area contributed by atoms with Gasteiger partial charge in [0, 0.05) is 24.6 Å². The van der Waals surface area contributed by atoms with Gasteiger partial charge < -0.3 is 9.88 Å². The molecule has 0 bridgehead atoms. The first kappa shape index (κ1) is 14.8. The summed E-state index contributed by atoms with van der Waals surface area (Å²) in [7, 11) is 0. The maximum atomic E-state index is 12.7. The van der Waals surface area contributed by atoms with Gasteiger partial charge in [-0.25, -0.2) is 4.68 Å². The smallest absolute Gasteiger partial charge is 0.268 e. The fourth-order valence-corrected chi connectivity index (χ4v) is 3.08. The number of benzene rings is 1. The molecular formula is C19H20N4O. The second-order valence-corrected chi connectivity index (χ2v) is 6.24. The Morgan fingerprint density at radius 1 is 1.17 bits per heavy atom. The van der Waals surface area contributed by atoms with Crippen LogP contribution in [0.3, 0.4) is 0 Å². The minimum absolute atomic E-state index is 0.0327. The van der Waals surface area contributed by atoms with Gasteiger partial charge in [0.15, 0.2) is 0 Å². The average molecular weight is 320 g/mol. The third-order valence-electron chi connectivity index (χ3n) is 4.45. The number of amides is 1. The van der Waals surface area contributed by atoms with Crippen LogP contribution < -0.4 is 5.32 Å². The topological polar surface area (TPSA) is 51.9 Å². The van der Waals surface area contributed by atoms with Crippen molar-refractivity contribution in [2.45, 2.75) is 31.8 Å². The SMILES string of the molecule is C[C@H](NC(=O)c1cccn1C1CC1)c1ccccc1-n1cccn1. The lowest BCUT2D eigenvalue weighted by molar-refractivity contribution is 0.0930. The Morgan fingerprint density at radius 3 is 2.75 bits per heavy atom. The van der Waals surface area contributed by atoms with Gasteiger partial charge in [0.25, 0.3) is 5.91 Å². The Bertz CT molecular complexity index is 846. The van der Waals surface area contributed by atoms with Crippen molar-refractivity contribution in [1.82, 2.24) is 19.7 Å². The van der Waals surface area contributed by atoms with Gasteiger partial charge in [-0.1, -0.05) is 18.2 Å². The molecule has 3 aromatic rings. The van der Waals surface area contributed by atoms with E-state index in [1.807, 2.05) is 66.5 Å². The summed E-state index contributed by atoms with van der Waals surface area (Å²) in [4.78, 5) is 12.7. The monoisotopic (exact) mass is 320 g/mol. The molecule has 2 heterocycles. The van der Waals surface area contributed by atoms with E-state index in [0.29, 0.717) is 6.04 Å². The number of hydrogen-bond donors (Lipinski definition) is 1. The van der Waals surface area contributed by atoms with Crippen LogP contribution in [0.2, 0.25) is 0 Å². The van der Waals surface area contributed by atoms with Gasteiger partial charge in [-0.3, -0.25) is 4.79 Å². The molecule has 4 rings (SSSR count). The van der Waals surface area contributed by atoms with Crippen molar-refractivity contribution in [3.63, 3.8) is 0 Å². The lowest BCUT2D eigenvalue weighted by Gasteiger charge is -2.18. The fourth-order valence-electron chi connectivity index (χ4n) is 3.08. The largest absolute Gasteiger partial charge is 0.344 e. The predicted molar refractivity (Wildman–Crippen MR) is 92.1 cm³/mol. The molecule has 1 fully saturated rings. The molecule has 24 heavy (non-hydrogen) atoms. The highest BCUT2D eigenvalue weighted by Crippen LogP contribution is 2.36. The van der Waals surface area contributed by atoms with Crippen molar-refractivity contribution in [3.05, 3.63) is 72.3 Å². The van der Waals surface area contributed by atoms with E-state index in [1.54, 1.807) is 6.20 Å². The lowest BCUT2D eigenvalue weighted by atomic mass is 10.1. The molecule has 5 nitrogen and oxygen atoms in total. The Hall–Kier alpha value is -2.82. The molecular weight excluding hydrogens is 300 g/mol. The van der Waals surface area contributed by atoms with Crippen LogP contribution in [0.1, 0.15) is 47.9 Å². The quantitative estimate of drug-likeness (QED) is 0.782. The van der Waals surface area contributed by atoms with Gasteiger partial charge in [-0.05, 0) is 49.6 Å². The van der Waals surface area contributed by atoms with Gasteiger partial charge in [0.2, 0.25) is 0 Å². The van der Waals surface area contributed by atoms with Crippen molar-refractivity contribution in [2.75, 3.05) is 0 Å². The van der Waals surface area contributed by atoms with E-state index in [-0.39, 0.29) is 11.9 Å². The van der Waals surface area contributed by atoms with Crippen LogP contribution in [0.15, 0.2) is 61.1 Å². The maximum absolute atomic E-state index is 12.7. The van der Waals surface area contributed by atoms with Crippen molar-refractivity contribution in [1.29, 1.82) is 0 Å². The Kier molecular flexibility index (Phi) is 3.69. The van der Waals surface area contributed by atoms with E-state index in [1.165, 1.54) is 0 Å². The number of rotatable bonds is 5. The van der Waals surface area contributed by atoms with Crippen molar-refractivity contribution in [3.8, 4) is 5.69 Å². The van der Waals surface area contributed by atoms with Crippen LogP contribution in [0.25, 0.3) is 5.69 Å². The molecule has 1 aliphatic carbocycles. The van der Waals surface area contributed by atoms with E-state index in [2.05, 4.69) is 15.0 Å². The molecule has 5 heteroatoms. The second kappa shape index (κ2) is 6.00. The summed E-state index contributed by atoms with van der Waals surface area (Å²) in [5.74, 6) is -0.0327. The molecule has 122 valence electrons. The predicted octanol–water partition coefficient (Wildman–Crippen LogP) is 3.50. The molecule has 0 saturated heterocycles. The lowest BCUT2D eigenvalue weighted by Crippen LogP contribution is -2.29. The summed E-state index contributed by atoms with van der Waals surface area (Å²) < 4.78 is 3.91. The van der Waals surface area contributed by atoms with E-state index in [9.17, 15) is 4.79 Å². The van der Waals surface area contributed by atoms with Crippen LogP contribution >= 0.6 is 0 Å². The van der Waals surface area contributed by atoms with Crippen LogP contribution in [0.5, 0.6) is 0 Å². The Morgan fingerprint density at radius 2 is 2.00 bits per heavy atom. The van der Waals surface area contributed by atoms with Gasteiger partial charge in [-0.2, -0.15) is 5.10 Å². The number of carbonyl (C=O) groups is 1. The van der Waals surface area contributed by atoms with Crippen molar-refractivity contribution >= 4 is 5.91 Å². The van der Waals surface area contributed by atoms with Gasteiger partial charge >= 0.3 is 0 Å². The second-order valence-electron chi connectivity index (χ2n) is 6.24. The van der Waals surface area contributed by atoms with Gasteiger partial charge in [0.1, 0.15) is 5.69 Å². The van der Waals surface area contributed by atoms with E-state index < -0.39 is 0 Å². The fraction of sp³-hybridized carbons (Fsp3) is 0.263. The summed E-state index contributed by atoms with van der Waals surface area (Å²) in [6.07, 6.45) is 7.97. The van der Waals surface area contributed by atoms with Crippen LogP contribution in [-0.4, -0.2) is 20.3 Å². The highest BCUT2D eigenvalue weighted by Gasteiger charge is 2.27. The first-order valence-corrected chi connectivity index (χ1v) is 8.30. The highest BCUT2D eigenvalue weighted by atomic mass is 16.2. The van der Waals surface area contributed by atoms with E-state index in [4.69, 9.17) is 0 Å². The third-order valence-corrected chi connectivity index (χ3v) is 4.45. The van der Waals surface area contributed by atoms with Gasteiger partial charge in [0.05, 0.1) is 11.7 Å². The molecule has 1 atom stereocenters. The molecule has 0 spiro atoms. The van der Waals surface area contributed by atoms with E-state index in [0.717, 1.165) is 29.8 Å². The van der Waals surface area contributed by atoms with Gasteiger partial charge in [-0.15, -0.1) is 0 Å².